The van der Waals surface area contributed by atoms with Gasteiger partial charge in [-0.25, -0.2) is 0 Å². The van der Waals surface area contributed by atoms with E-state index < -0.39 is 5.97 Å². The lowest BCUT2D eigenvalue weighted by Gasteiger charge is -2.29. The van der Waals surface area contributed by atoms with Crippen LogP contribution in [0.4, 0.5) is 0 Å². The molecule has 1 aromatic heterocycles. The number of hydrogen-bond donors (Lipinski definition) is 1. The smallest absolute Gasteiger partial charge is 0.310 e. The van der Waals surface area contributed by atoms with Gasteiger partial charge in [-0.05, 0) is 37.3 Å². The van der Waals surface area contributed by atoms with E-state index in [0.29, 0.717) is 5.92 Å². The van der Waals surface area contributed by atoms with Crippen LogP contribution in [0.25, 0.3) is 11.0 Å². The number of carbonyl (C=O) groups excluding carboxylic acids is 2. The van der Waals surface area contributed by atoms with E-state index in [0.717, 1.165) is 41.4 Å². The largest absolute Gasteiger partial charge is 0.464 e. The van der Waals surface area contributed by atoms with Crippen molar-refractivity contribution < 1.29 is 18.7 Å². The molecule has 0 radical (unpaired) electrons. The van der Waals surface area contributed by atoms with Crippen molar-refractivity contribution in [3.05, 3.63) is 35.6 Å². The summed E-state index contributed by atoms with van der Waals surface area (Å²) in [6, 6.07) is 6.04. The summed E-state index contributed by atoms with van der Waals surface area (Å²) < 4.78 is 10.6. The second-order valence-electron chi connectivity index (χ2n) is 7.03. The molecule has 0 saturated heterocycles. The minimum absolute atomic E-state index is 0.100. The van der Waals surface area contributed by atoms with Gasteiger partial charge < -0.3 is 14.5 Å². The van der Waals surface area contributed by atoms with Gasteiger partial charge in [-0.15, -0.1) is 0 Å². The van der Waals surface area contributed by atoms with E-state index >= 15 is 0 Å². The second kappa shape index (κ2) is 7.72. The van der Waals surface area contributed by atoms with Crippen LogP contribution in [0.1, 0.15) is 43.7 Å². The third-order valence-corrected chi connectivity index (χ3v) is 4.97. The maximum absolute atomic E-state index is 12.0. The molecule has 1 N–H and O–H groups in total. The average Bonchev–Trinajstić information content (AvgIpc) is 2.97. The maximum atomic E-state index is 12.0. The molecule has 0 spiro atoms. The lowest BCUT2D eigenvalue weighted by molar-refractivity contribution is -0.148. The quantitative estimate of drug-likeness (QED) is 0.844. The molecule has 1 aliphatic carbocycles. The summed E-state index contributed by atoms with van der Waals surface area (Å²) in [5.74, 6) is -0.163. The van der Waals surface area contributed by atoms with Crippen LogP contribution in [0, 0.1) is 12.8 Å². The van der Waals surface area contributed by atoms with Gasteiger partial charge in [0.1, 0.15) is 5.58 Å². The number of furan rings is 1. The third kappa shape index (κ3) is 4.41. The summed E-state index contributed by atoms with van der Waals surface area (Å²) in [5.41, 5.74) is 2.64. The molecule has 1 aromatic carbocycles. The Morgan fingerprint density at radius 2 is 2.08 bits per heavy atom. The third-order valence-electron chi connectivity index (χ3n) is 4.97. The number of hydrogen-bond acceptors (Lipinski definition) is 4. The van der Waals surface area contributed by atoms with E-state index in [2.05, 4.69) is 12.2 Å². The number of ether oxygens (including phenoxy) is 1. The first kappa shape index (κ1) is 17.5. The molecule has 1 saturated carbocycles. The van der Waals surface area contributed by atoms with Crippen LogP contribution in [0.5, 0.6) is 0 Å². The van der Waals surface area contributed by atoms with Gasteiger partial charge in [-0.2, -0.15) is 0 Å². The van der Waals surface area contributed by atoms with Crippen LogP contribution in [0.15, 0.2) is 28.9 Å². The Hall–Kier alpha value is -2.30. The standard InChI is InChI=1S/C20H25NO4/c1-13-7-8-16-15(11-24-18(16)9-13)10-20(23)25-12-19(22)21-17-6-4-3-5-14(17)2/h7-9,11,14,17H,3-6,10,12H2,1-2H3,(H,21,22)/t14-,17-/m1/s1. The van der Waals surface area contributed by atoms with Crippen molar-refractivity contribution in [2.24, 2.45) is 5.92 Å². The summed E-state index contributed by atoms with van der Waals surface area (Å²) >= 11 is 0. The number of nitrogens with one attached hydrogen (secondary N) is 1. The summed E-state index contributed by atoms with van der Waals surface area (Å²) in [6.07, 6.45) is 6.18. The normalized spacial score (nSPS) is 20.4. The van der Waals surface area contributed by atoms with Gasteiger partial charge in [-0.1, -0.05) is 31.9 Å². The van der Waals surface area contributed by atoms with E-state index in [4.69, 9.17) is 9.15 Å². The van der Waals surface area contributed by atoms with Gasteiger partial charge in [-0.3, -0.25) is 9.59 Å². The Morgan fingerprint density at radius 1 is 1.28 bits per heavy atom. The fourth-order valence-electron chi connectivity index (χ4n) is 3.46. The Balaban J connectivity index is 1.49. The van der Waals surface area contributed by atoms with Crippen LogP contribution in [0.3, 0.4) is 0 Å². The van der Waals surface area contributed by atoms with E-state index in [1.54, 1.807) is 6.26 Å². The van der Waals surface area contributed by atoms with Crippen molar-refractivity contribution in [1.82, 2.24) is 5.32 Å². The van der Waals surface area contributed by atoms with Gasteiger partial charge in [0.05, 0.1) is 12.7 Å². The molecule has 3 rings (SSSR count). The molecule has 134 valence electrons. The number of fused-ring (bicyclic) bond motifs is 1. The zero-order valence-electron chi connectivity index (χ0n) is 14.8. The maximum Gasteiger partial charge on any atom is 0.310 e. The SMILES string of the molecule is Cc1ccc2c(CC(=O)OCC(=O)N[C@@H]3CCCC[C@H]3C)coc2c1. The van der Waals surface area contributed by atoms with Gasteiger partial charge in [0.15, 0.2) is 6.61 Å². The summed E-state index contributed by atoms with van der Waals surface area (Å²) in [5, 5.41) is 3.89. The molecular weight excluding hydrogens is 318 g/mol. The fraction of sp³-hybridized carbons (Fsp3) is 0.500. The number of benzene rings is 1. The number of esters is 1. The van der Waals surface area contributed by atoms with Gasteiger partial charge in [0.2, 0.25) is 0 Å². The molecule has 1 amide bonds. The first-order valence-corrected chi connectivity index (χ1v) is 8.94. The molecule has 1 fully saturated rings. The van der Waals surface area contributed by atoms with Crippen molar-refractivity contribution >= 4 is 22.8 Å². The molecule has 0 aliphatic heterocycles. The molecule has 2 aromatic rings. The molecular formula is C20H25NO4. The number of carbonyl (C=O) groups is 2. The highest BCUT2D eigenvalue weighted by atomic mass is 16.5. The van der Waals surface area contributed by atoms with E-state index in [9.17, 15) is 9.59 Å². The minimum atomic E-state index is -0.421. The van der Waals surface area contributed by atoms with Crippen LogP contribution in [0.2, 0.25) is 0 Å². The van der Waals surface area contributed by atoms with Gasteiger partial charge in [0.25, 0.3) is 5.91 Å². The predicted molar refractivity (Wildman–Crippen MR) is 95.2 cm³/mol. The highest BCUT2D eigenvalue weighted by Gasteiger charge is 2.23. The topological polar surface area (TPSA) is 68.5 Å². The average molecular weight is 343 g/mol. The summed E-state index contributed by atoms with van der Waals surface area (Å²) in [6.45, 7) is 3.92. The van der Waals surface area contributed by atoms with Crippen molar-refractivity contribution in [3.63, 3.8) is 0 Å². The molecule has 1 aliphatic rings. The lowest BCUT2D eigenvalue weighted by Crippen LogP contribution is -2.42. The van der Waals surface area contributed by atoms with Crippen molar-refractivity contribution in [1.29, 1.82) is 0 Å². The highest BCUT2D eigenvalue weighted by Crippen LogP contribution is 2.24. The van der Waals surface area contributed by atoms with Crippen molar-refractivity contribution in [3.8, 4) is 0 Å². The van der Waals surface area contributed by atoms with Crippen LogP contribution >= 0.6 is 0 Å². The minimum Gasteiger partial charge on any atom is -0.464 e. The van der Waals surface area contributed by atoms with E-state index in [1.165, 1.54) is 6.42 Å². The van der Waals surface area contributed by atoms with Crippen molar-refractivity contribution in [2.45, 2.75) is 52.0 Å². The number of aryl methyl sites for hydroxylation is 1. The molecule has 5 heteroatoms. The lowest BCUT2D eigenvalue weighted by atomic mass is 9.86. The first-order chi connectivity index (χ1) is 12.0. The zero-order chi connectivity index (χ0) is 17.8. The monoisotopic (exact) mass is 343 g/mol. The molecule has 1 heterocycles. The Kier molecular flexibility index (Phi) is 5.41. The first-order valence-electron chi connectivity index (χ1n) is 8.94. The van der Waals surface area contributed by atoms with Crippen molar-refractivity contribution in [2.75, 3.05) is 6.61 Å². The van der Waals surface area contributed by atoms with Gasteiger partial charge in [0, 0.05) is 17.0 Å². The summed E-state index contributed by atoms with van der Waals surface area (Å²) in [4.78, 5) is 24.0. The molecule has 0 unspecified atom stereocenters. The number of amides is 1. The Morgan fingerprint density at radius 3 is 2.88 bits per heavy atom. The Labute approximate surface area is 147 Å². The van der Waals surface area contributed by atoms with E-state index in [-0.39, 0.29) is 25.0 Å². The number of rotatable bonds is 5. The summed E-state index contributed by atoms with van der Waals surface area (Å²) in [7, 11) is 0. The zero-order valence-corrected chi connectivity index (χ0v) is 14.8. The van der Waals surface area contributed by atoms with Gasteiger partial charge >= 0.3 is 5.97 Å². The van der Waals surface area contributed by atoms with Crippen LogP contribution in [-0.4, -0.2) is 24.5 Å². The second-order valence-corrected chi connectivity index (χ2v) is 7.03. The van der Waals surface area contributed by atoms with E-state index in [1.807, 2.05) is 25.1 Å². The fourth-order valence-corrected chi connectivity index (χ4v) is 3.46. The highest BCUT2D eigenvalue weighted by molar-refractivity contribution is 5.87. The molecule has 0 bridgehead atoms. The predicted octanol–water partition coefficient (Wildman–Crippen LogP) is 3.52. The molecule has 5 nitrogen and oxygen atoms in total. The van der Waals surface area contributed by atoms with Crippen LogP contribution in [-0.2, 0) is 20.7 Å². The molecule has 25 heavy (non-hydrogen) atoms. The Bertz CT molecular complexity index is 764. The molecule has 2 atom stereocenters. The van der Waals surface area contributed by atoms with Crippen LogP contribution < -0.4 is 5.32 Å².